The number of carbonyl (C=O) groups excluding carboxylic acids is 1. The van der Waals surface area contributed by atoms with Crippen LogP contribution in [0.4, 0.5) is 0 Å². The molecule has 0 bridgehead atoms. The average molecular weight is 473 g/mol. The molecule has 2 aliphatic heterocycles. The molecule has 0 spiro atoms. The van der Waals surface area contributed by atoms with Crippen LogP contribution >= 0.6 is 0 Å². The predicted molar refractivity (Wildman–Crippen MR) is 126 cm³/mol. The van der Waals surface area contributed by atoms with Gasteiger partial charge in [0.05, 0.1) is 24.7 Å². The summed E-state index contributed by atoms with van der Waals surface area (Å²) in [6.07, 6.45) is 3.01. The lowest BCUT2D eigenvalue weighted by Crippen LogP contribution is -2.44. The van der Waals surface area contributed by atoms with Gasteiger partial charge in [-0.15, -0.1) is 0 Å². The van der Waals surface area contributed by atoms with Gasteiger partial charge in [0.2, 0.25) is 15.9 Å². The number of carbonyl (C=O) groups is 1. The summed E-state index contributed by atoms with van der Waals surface area (Å²) in [7, 11) is -2.03. The molecule has 0 aliphatic carbocycles. The normalized spacial score (nSPS) is 20.1. The van der Waals surface area contributed by atoms with Crippen molar-refractivity contribution in [2.75, 3.05) is 33.4 Å². The lowest BCUT2D eigenvalue weighted by molar-refractivity contribution is -0.137. The number of hydrogen-bond donors (Lipinski definition) is 0. The zero-order valence-corrected chi connectivity index (χ0v) is 20.1. The van der Waals surface area contributed by atoms with E-state index in [0.717, 1.165) is 30.7 Å². The molecule has 1 atom stereocenters. The number of nitrogens with zero attached hydrogens (tertiary/aromatic N) is 2. The summed E-state index contributed by atoms with van der Waals surface area (Å²) in [6.45, 7) is 4.04. The molecule has 0 aromatic heterocycles. The Bertz CT molecular complexity index is 1050. The third kappa shape index (κ3) is 5.01. The van der Waals surface area contributed by atoms with Crippen LogP contribution in [-0.2, 0) is 14.8 Å². The molecule has 0 N–H and O–H groups in total. The third-order valence-electron chi connectivity index (χ3n) is 6.61. The first kappa shape index (κ1) is 23.6. The van der Waals surface area contributed by atoms with Gasteiger partial charge in [0.1, 0.15) is 11.5 Å². The number of methoxy groups -OCH3 is 1. The quantitative estimate of drug-likeness (QED) is 0.612. The van der Waals surface area contributed by atoms with Crippen LogP contribution in [0.5, 0.6) is 11.5 Å². The Morgan fingerprint density at radius 3 is 2.18 bits per heavy atom. The van der Waals surface area contributed by atoms with Crippen molar-refractivity contribution in [1.29, 1.82) is 0 Å². The SMILES string of the molecule is CCOc1ccc([C@H]2CCCN2C(=O)C2CCN(S(=O)(=O)c3ccc(OC)cc3)CC2)cc1. The van der Waals surface area contributed by atoms with Crippen molar-refractivity contribution in [2.45, 2.75) is 43.5 Å². The smallest absolute Gasteiger partial charge is 0.243 e. The van der Waals surface area contributed by atoms with Crippen molar-refractivity contribution >= 4 is 15.9 Å². The highest BCUT2D eigenvalue weighted by Gasteiger charge is 2.37. The molecular formula is C25H32N2O5S. The number of rotatable bonds is 7. The van der Waals surface area contributed by atoms with E-state index in [1.807, 2.05) is 36.1 Å². The molecule has 2 saturated heterocycles. The summed E-state index contributed by atoms with van der Waals surface area (Å²) in [4.78, 5) is 15.6. The van der Waals surface area contributed by atoms with Crippen molar-refractivity contribution in [3.63, 3.8) is 0 Å². The molecule has 1 amide bonds. The van der Waals surface area contributed by atoms with E-state index in [0.29, 0.717) is 38.3 Å². The Morgan fingerprint density at radius 2 is 1.58 bits per heavy atom. The first-order chi connectivity index (χ1) is 15.9. The first-order valence-electron chi connectivity index (χ1n) is 11.6. The molecule has 2 heterocycles. The lowest BCUT2D eigenvalue weighted by Gasteiger charge is -2.34. The van der Waals surface area contributed by atoms with Gasteiger partial charge in [-0.2, -0.15) is 4.31 Å². The highest BCUT2D eigenvalue weighted by molar-refractivity contribution is 7.89. The minimum Gasteiger partial charge on any atom is -0.497 e. The van der Waals surface area contributed by atoms with Crippen LogP contribution in [0, 0.1) is 5.92 Å². The van der Waals surface area contributed by atoms with Crippen LogP contribution in [-0.4, -0.2) is 56.9 Å². The van der Waals surface area contributed by atoms with Gasteiger partial charge in [-0.3, -0.25) is 4.79 Å². The summed E-state index contributed by atoms with van der Waals surface area (Å²) >= 11 is 0. The molecule has 0 saturated carbocycles. The van der Waals surface area contributed by atoms with E-state index in [-0.39, 0.29) is 22.8 Å². The van der Waals surface area contributed by atoms with Crippen molar-refractivity contribution in [3.8, 4) is 11.5 Å². The van der Waals surface area contributed by atoms with Crippen molar-refractivity contribution in [1.82, 2.24) is 9.21 Å². The van der Waals surface area contributed by atoms with Crippen LogP contribution in [0.3, 0.4) is 0 Å². The second kappa shape index (κ2) is 10.1. The summed E-state index contributed by atoms with van der Waals surface area (Å²) in [5, 5.41) is 0. The van der Waals surface area contributed by atoms with E-state index >= 15 is 0 Å². The monoisotopic (exact) mass is 472 g/mol. The molecule has 7 nitrogen and oxygen atoms in total. The van der Waals surface area contributed by atoms with E-state index in [1.54, 1.807) is 31.4 Å². The van der Waals surface area contributed by atoms with E-state index in [1.165, 1.54) is 4.31 Å². The number of ether oxygens (including phenoxy) is 2. The van der Waals surface area contributed by atoms with Crippen molar-refractivity contribution < 1.29 is 22.7 Å². The third-order valence-corrected chi connectivity index (χ3v) is 8.53. The van der Waals surface area contributed by atoms with Crippen LogP contribution in [0.1, 0.15) is 44.2 Å². The zero-order valence-electron chi connectivity index (χ0n) is 19.3. The zero-order chi connectivity index (χ0) is 23.4. The van der Waals surface area contributed by atoms with Crippen molar-refractivity contribution in [3.05, 3.63) is 54.1 Å². The minimum atomic E-state index is -3.58. The van der Waals surface area contributed by atoms with Gasteiger partial charge in [-0.1, -0.05) is 12.1 Å². The molecule has 4 rings (SSSR count). The maximum atomic E-state index is 13.4. The van der Waals surface area contributed by atoms with Gasteiger partial charge in [0.25, 0.3) is 0 Å². The molecule has 2 aromatic rings. The Hall–Kier alpha value is -2.58. The molecule has 2 fully saturated rings. The van der Waals surface area contributed by atoms with Crippen molar-refractivity contribution in [2.24, 2.45) is 5.92 Å². The lowest BCUT2D eigenvalue weighted by atomic mass is 9.95. The van der Waals surface area contributed by atoms with E-state index < -0.39 is 10.0 Å². The fourth-order valence-electron chi connectivity index (χ4n) is 4.80. The number of sulfonamides is 1. The van der Waals surface area contributed by atoms with E-state index in [4.69, 9.17) is 9.47 Å². The fraction of sp³-hybridized carbons (Fsp3) is 0.480. The Balaban J connectivity index is 1.39. The van der Waals surface area contributed by atoms with Gasteiger partial charge in [0, 0.05) is 25.6 Å². The second-order valence-corrected chi connectivity index (χ2v) is 10.5. The number of piperidine rings is 1. The molecule has 0 radical (unpaired) electrons. The highest BCUT2D eigenvalue weighted by atomic mass is 32.2. The summed E-state index contributed by atoms with van der Waals surface area (Å²) in [6, 6.07) is 14.5. The highest BCUT2D eigenvalue weighted by Crippen LogP contribution is 2.36. The number of hydrogen-bond acceptors (Lipinski definition) is 5. The summed E-state index contributed by atoms with van der Waals surface area (Å²) < 4.78 is 38.2. The second-order valence-electron chi connectivity index (χ2n) is 8.55. The van der Waals surface area contributed by atoms with Gasteiger partial charge in [-0.25, -0.2) is 8.42 Å². The van der Waals surface area contributed by atoms with Crippen LogP contribution in [0.25, 0.3) is 0 Å². The summed E-state index contributed by atoms with van der Waals surface area (Å²) in [5.74, 6) is 1.46. The first-order valence-corrected chi connectivity index (χ1v) is 13.1. The molecule has 2 aliphatic rings. The van der Waals surface area contributed by atoms with Gasteiger partial charge in [0.15, 0.2) is 0 Å². The van der Waals surface area contributed by atoms with E-state index in [2.05, 4.69) is 0 Å². The Labute approximate surface area is 196 Å². The maximum Gasteiger partial charge on any atom is 0.243 e. The van der Waals surface area contributed by atoms with Crippen LogP contribution in [0.15, 0.2) is 53.4 Å². The average Bonchev–Trinajstić information content (AvgIpc) is 3.34. The number of likely N-dealkylation sites (tertiary alicyclic amines) is 1. The standard InChI is InChI=1S/C25H32N2O5S/c1-3-32-22-8-6-19(7-9-22)24-5-4-16-27(24)25(28)20-14-17-26(18-15-20)33(29,30)23-12-10-21(31-2)11-13-23/h6-13,20,24H,3-5,14-18H2,1-2H3/t24-/m1/s1. The van der Waals surface area contributed by atoms with E-state index in [9.17, 15) is 13.2 Å². The Morgan fingerprint density at radius 1 is 0.939 bits per heavy atom. The maximum absolute atomic E-state index is 13.4. The molecule has 8 heteroatoms. The molecule has 2 aromatic carbocycles. The minimum absolute atomic E-state index is 0.0780. The number of amides is 1. The molecule has 33 heavy (non-hydrogen) atoms. The summed E-state index contributed by atoms with van der Waals surface area (Å²) in [5.41, 5.74) is 1.13. The topological polar surface area (TPSA) is 76.2 Å². The number of benzene rings is 2. The van der Waals surface area contributed by atoms with Gasteiger partial charge < -0.3 is 14.4 Å². The van der Waals surface area contributed by atoms with Crippen LogP contribution in [0.2, 0.25) is 0 Å². The van der Waals surface area contributed by atoms with Gasteiger partial charge >= 0.3 is 0 Å². The molecule has 178 valence electrons. The Kier molecular flexibility index (Phi) is 7.24. The van der Waals surface area contributed by atoms with Gasteiger partial charge in [-0.05, 0) is 74.6 Å². The predicted octanol–water partition coefficient (Wildman–Crippen LogP) is 3.86. The molecule has 0 unspecified atom stereocenters. The van der Waals surface area contributed by atoms with Crippen LogP contribution < -0.4 is 9.47 Å². The largest absolute Gasteiger partial charge is 0.497 e. The molecular weight excluding hydrogens is 440 g/mol. The fourth-order valence-corrected chi connectivity index (χ4v) is 6.27.